The van der Waals surface area contributed by atoms with E-state index >= 15 is 0 Å². The predicted molar refractivity (Wildman–Crippen MR) is 88.4 cm³/mol. The van der Waals surface area contributed by atoms with Crippen LogP contribution in [0.5, 0.6) is 0 Å². The van der Waals surface area contributed by atoms with Gasteiger partial charge in [0.15, 0.2) is 0 Å². The van der Waals surface area contributed by atoms with Crippen LogP contribution in [0, 0.1) is 21.7 Å². The standard InChI is InChI=1S/C18H34O4/c1-15(2,3)17(7,8)13(19)21-11-12-22-14(20)18(9,10)16(4,5)6/h11-12H2,1-10H3. The van der Waals surface area contributed by atoms with E-state index in [0.29, 0.717) is 0 Å². The molecule has 0 unspecified atom stereocenters. The lowest BCUT2D eigenvalue weighted by atomic mass is 9.69. The Balaban J connectivity index is 4.42. The van der Waals surface area contributed by atoms with Gasteiger partial charge >= 0.3 is 11.9 Å². The fourth-order valence-corrected chi connectivity index (χ4v) is 1.24. The van der Waals surface area contributed by atoms with Crippen LogP contribution in [0.25, 0.3) is 0 Å². The number of rotatable bonds is 5. The van der Waals surface area contributed by atoms with E-state index in [1.807, 2.05) is 69.2 Å². The van der Waals surface area contributed by atoms with Gasteiger partial charge in [0, 0.05) is 0 Å². The van der Waals surface area contributed by atoms with E-state index in [4.69, 9.17) is 9.47 Å². The van der Waals surface area contributed by atoms with E-state index in [1.54, 1.807) is 0 Å². The lowest BCUT2D eigenvalue weighted by Gasteiger charge is -2.37. The molecule has 0 amide bonds. The van der Waals surface area contributed by atoms with Gasteiger partial charge < -0.3 is 9.47 Å². The van der Waals surface area contributed by atoms with Crippen molar-refractivity contribution < 1.29 is 19.1 Å². The molecule has 0 bridgehead atoms. The second kappa shape index (κ2) is 6.59. The summed E-state index contributed by atoms with van der Waals surface area (Å²) in [6.07, 6.45) is 0. The molecule has 4 nitrogen and oxygen atoms in total. The predicted octanol–water partition coefficient (Wildman–Crippen LogP) is 4.22. The SMILES string of the molecule is CC(C)(C)C(C)(C)C(=O)OCCOC(=O)C(C)(C)C(C)(C)C. The zero-order chi connectivity index (χ0) is 18.0. The summed E-state index contributed by atoms with van der Waals surface area (Å²) < 4.78 is 10.5. The molecule has 0 atom stereocenters. The summed E-state index contributed by atoms with van der Waals surface area (Å²) in [4.78, 5) is 24.3. The molecule has 0 rings (SSSR count). The highest BCUT2D eigenvalue weighted by molar-refractivity contribution is 5.77. The molecule has 0 aliphatic carbocycles. The van der Waals surface area contributed by atoms with Crippen molar-refractivity contribution in [3.8, 4) is 0 Å². The van der Waals surface area contributed by atoms with E-state index in [0.717, 1.165) is 0 Å². The Morgan fingerprint density at radius 2 is 0.818 bits per heavy atom. The maximum Gasteiger partial charge on any atom is 0.312 e. The third kappa shape index (κ3) is 4.72. The molecule has 0 aromatic carbocycles. The second-order valence-corrected chi connectivity index (χ2v) is 9.02. The van der Waals surface area contributed by atoms with Crippen molar-refractivity contribution in [2.45, 2.75) is 69.2 Å². The Kier molecular flexibility index (Phi) is 6.27. The Morgan fingerprint density at radius 3 is 1.00 bits per heavy atom. The molecule has 0 heterocycles. The first-order chi connectivity index (χ1) is 9.55. The van der Waals surface area contributed by atoms with Gasteiger partial charge in [0.05, 0.1) is 10.8 Å². The van der Waals surface area contributed by atoms with Crippen molar-refractivity contribution in [1.82, 2.24) is 0 Å². The molecule has 0 N–H and O–H groups in total. The molecular weight excluding hydrogens is 280 g/mol. The first kappa shape index (κ1) is 20.9. The van der Waals surface area contributed by atoms with Gasteiger partial charge in [-0.3, -0.25) is 9.59 Å². The van der Waals surface area contributed by atoms with Crippen LogP contribution in [0.1, 0.15) is 69.2 Å². The quantitative estimate of drug-likeness (QED) is 0.563. The normalized spacial score (nSPS) is 13.7. The lowest BCUT2D eigenvalue weighted by Crippen LogP contribution is -2.40. The third-order valence-electron chi connectivity index (χ3n) is 5.32. The topological polar surface area (TPSA) is 52.6 Å². The van der Waals surface area contributed by atoms with E-state index in [9.17, 15) is 9.59 Å². The van der Waals surface area contributed by atoms with Crippen LogP contribution in [0.4, 0.5) is 0 Å². The monoisotopic (exact) mass is 314 g/mol. The highest BCUT2D eigenvalue weighted by atomic mass is 16.6. The van der Waals surface area contributed by atoms with Crippen molar-refractivity contribution >= 4 is 11.9 Å². The highest BCUT2D eigenvalue weighted by Crippen LogP contribution is 2.39. The molecule has 0 aliphatic heterocycles. The van der Waals surface area contributed by atoms with E-state index in [1.165, 1.54) is 0 Å². The summed E-state index contributed by atoms with van der Waals surface area (Å²) in [6, 6.07) is 0. The minimum Gasteiger partial charge on any atom is -0.462 e. The molecular formula is C18H34O4. The van der Waals surface area contributed by atoms with Crippen molar-refractivity contribution in [3.63, 3.8) is 0 Å². The number of ether oxygens (including phenoxy) is 2. The minimum atomic E-state index is -0.596. The summed E-state index contributed by atoms with van der Waals surface area (Å²) in [5, 5.41) is 0. The molecule has 0 saturated carbocycles. The summed E-state index contributed by atoms with van der Waals surface area (Å²) >= 11 is 0. The fraction of sp³-hybridized carbons (Fsp3) is 0.889. The highest BCUT2D eigenvalue weighted by Gasteiger charge is 2.42. The summed E-state index contributed by atoms with van der Waals surface area (Å²) in [6.45, 7) is 19.6. The van der Waals surface area contributed by atoms with Gasteiger partial charge in [-0.25, -0.2) is 0 Å². The largest absolute Gasteiger partial charge is 0.462 e. The fourth-order valence-electron chi connectivity index (χ4n) is 1.24. The number of carbonyl (C=O) groups excluding carboxylic acids is 2. The summed E-state index contributed by atoms with van der Waals surface area (Å²) in [7, 11) is 0. The Bertz CT molecular complexity index is 366. The maximum absolute atomic E-state index is 12.1. The molecule has 22 heavy (non-hydrogen) atoms. The zero-order valence-corrected chi connectivity index (χ0v) is 16.0. The van der Waals surface area contributed by atoms with Crippen LogP contribution in [0.2, 0.25) is 0 Å². The maximum atomic E-state index is 12.1. The van der Waals surface area contributed by atoms with Crippen molar-refractivity contribution in [3.05, 3.63) is 0 Å². The Labute approximate surface area is 135 Å². The molecule has 0 saturated heterocycles. The van der Waals surface area contributed by atoms with Gasteiger partial charge in [-0.05, 0) is 38.5 Å². The molecule has 0 fully saturated rings. The molecule has 0 aromatic rings. The lowest BCUT2D eigenvalue weighted by molar-refractivity contribution is -0.169. The van der Waals surface area contributed by atoms with Crippen LogP contribution in [-0.2, 0) is 19.1 Å². The van der Waals surface area contributed by atoms with Gasteiger partial charge in [0.25, 0.3) is 0 Å². The van der Waals surface area contributed by atoms with Gasteiger partial charge in [0.1, 0.15) is 13.2 Å². The van der Waals surface area contributed by atoms with Crippen LogP contribution in [0.3, 0.4) is 0 Å². The summed E-state index contributed by atoms with van der Waals surface area (Å²) in [5.74, 6) is -0.544. The number of esters is 2. The Hall–Kier alpha value is -1.06. The van der Waals surface area contributed by atoms with E-state index in [2.05, 4.69) is 0 Å². The van der Waals surface area contributed by atoms with Crippen molar-refractivity contribution in [1.29, 1.82) is 0 Å². The first-order valence-electron chi connectivity index (χ1n) is 7.89. The van der Waals surface area contributed by atoms with Gasteiger partial charge in [-0.1, -0.05) is 41.5 Å². The number of carbonyl (C=O) groups is 2. The van der Waals surface area contributed by atoms with E-state index < -0.39 is 10.8 Å². The summed E-state index contributed by atoms with van der Waals surface area (Å²) in [5.41, 5.74) is -1.59. The first-order valence-corrected chi connectivity index (χ1v) is 7.89. The molecule has 0 radical (unpaired) electrons. The average Bonchev–Trinajstić information content (AvgIpc) is 2.30. The molecule has 0 spiro atoms. The minimum absolute atomic E-state index is 0.0876. The zero-order valence-electron chi connectivity index (χ0n) is 16.0. The smallest absolute Gasteiger partial charge is 0.312 e. The van der Waals surface area contributed by atoms with Crippen LogP contribution < -0.4 is 0 Å². The molecule has 0 aromatic heterocycles. The number of hydrogen-bond acceptors (Lipinski definition) is 4. The van der Waals surface area contributed by atoms with Crippen molar-refractivity contribution in [2.24, 2.45) is 21.7 Å². The average molecular weight is 314 g/mol. The number of hydrogen-bond donors (Lipinski definition) is 0. The van der Waals surface area contributed by atoms with Gasteiger partial charge in [0.2, 0.25) is 0 Å². The van der Waals surface area contributed by atoms with Crippen molar-refractivity contribution in [2.75, 3.05) is 13.2 Å². The third-order valence-corrected chi connectivity index (χ3v) is 5.32. The Morgan fingerprint density at radius 1 is 0.591 bits per heavy atom. The van der Waals surface area contributed by atoms with Crippen LogP contribution >= 0.6 is 0 Å². The van der Waals surface area contributed by atoms with Crippen LogP contribution in [-0.4, -0.2) is 25.2 Å². The molecule has 0 aliphatic rings. The van der Waals surface area contributed by atoms with Gasteiger partial charge in [-0.2, -0.15) is 0 Å². The molecule has 4 heteroatoms. The van der Waals surface area contributed by atoms with E-state index in [-0.39, 0.29) is 36.0 Å². The van der Waals surface area contributed by atoms with Gasteiger partial charge in [-0.15, -0.1) is 0 Å². The molecule has 130 valence electrons. The van der Waals surface area contributed by atoms with Crippen LogP contribution in [0.15, 0.2) is 0 Å². The second-order valence-electron chi connectivity index (χ2n) is 9.02.